The van der Waals surface area contributed by atoms with E-state index in [0.29, 0.717) is 32.7 Å². The van der Waals surface area contributed by atoms with Crippen LogP contribution in [0.1, 0.15) is 22.8 Å². The molecule has 2 N–H and O–H groups in total. The monoisotopic (exact) mass is 828 g/mol. The number of aromatic nitrogens is 2. The Balaban J connectivity index is 0.000000211. The van der Waals surface area contributed by atoms with E-state index in [2.05, 4.69) is 35.4 Å². The first kappa shape index (κ1) is 40.2. The molecule has 0 fully saturated rings. The lowest BCUT2D eigenvalue weighted by molar-refractivity contribution is -0.275. The van der Waals surface area contributed by atoms with Crippen molar-refractivity contribution in [2.45, 2.75) is 40.4 Å². The van der Waals surface area contributed by atoms with Gasteiger partial charge in [0.15, 0.2) is 5.43 Å². The summed E-state index contributed by atoms with van der Waals surface area (Å²) in [5, 5.41) is 0. The first-order chi connectivity index (χ1) is 25.8. The van der Waals surface area contributed by atoms with Gasteiger partial charge in [-0.3, -0.25) is 9.59 Å². The molecule has 2 heterocycles. The predicted octanol–water partition coefficient (Wildman–Crippen LogP) is 11.5. The number of H-pyrrole nitrogens is 2. The van der Waals surface area contributed by atoms with Crippen LogP contribution in [0, 0.1) is 27.7 Å². The zero-order chi connectivity index (χ0) is 40.1. The van der Waals surface area contributed by atoms with E-state index in [9.17, 15) is 35.9 Å². The Bertz CT molecular complexity index is 2410. The number of ether oxygens (including phenoxy) is 4. The van der Waals surface area contributed by atoms with Gasteiger partial charge in [0, 0.05) is 52.1 Å². The van der Waals surface area contributed by atoms with Gasteiger partial charge in [0.25, 0.3) is 0 Å². The Morgan fingerprint density at radius 3 is 1.36 bits per heavy atom. The Morgan fingerprint density at radius 2 is 0.927 bits per heavy atom. The zero-order valence-corrected chi connectivity index (χ0v) is 31.0. The molecule has 6 aromatic rings. The van der Waals surface area contributed by atoms with Crippen molar-refractivity contribution in [1.82, 2.24) is 9.97 Å². The summed E-state index contributed by atoms with van der Waals surface area (Å²) in [6.07, 6.45) is -9.53. The van der Waals surface area contributed by atoms with Crippen molar-refractivity contribution >= 4 is 15.9 Å². The Labute approximate surface area is 318 Å². The van der Waals surface area contributed by atoms with Crippen molar-refractivity contribution in [2.75, 3.05) is 0 Å². The van der Waals surface area contributed by atoms with Crippen LogP contribution in [-0.4, -0.2) is 22.7 Å². The van der Waals surface area contributed by atoms with Crippen molar-refractivity contribution in [3.63, 3.8) is 0 Å². The Hall–Kier alpha value is -5.96. The number of hydrogen-bond donors (Lipinski definition) is 2. The summed E-state index contributed by atoms with van der Waals surface area (Å²) in [7, 11) is 0. The highest BCUT2D eigenvalue weighted by Crippen LogP contribution is 2.32. The van der Waals surface area contributed by atoms with Crippen LogP contribution in [0.2, 0.25) is 0 Å². The van der Waals surface area contributed by atoms with Crippen molar-refractivity contribution in [3.05, 3.63) is 151 Å². The molecular weight excluding hydrogens is 798 g/mol. The molecule has 0 aliphatic carbocycles. The first-order valence-corrected chi connectivity index (χ1v) is 17.0. The number of hydrogen-bond acceptors (Lipinski definition) is 6. The lowest BCUT2D eigenvalue weighted by Gasteiger charge is -2.12. The van der Waals surface area contributed by atoms with E-state index in [4.69, 9.17) is 9.47 Å². The highest BCUT2D eigenvalue weighted by atomic mass is 79.9. The molecule has 286 valence electrons. The second-order valence-corrected chi connectivity index (χ2v) is 12.8. The molecule has 8 nitrogen and oxygen atoms in total. The van der Waals surface area contributed by atoms with Gasteiger partial charge in [-0.25, -0.2) is 0 Å². The number of benzene rings is 4. The van der Waals surface area contributed by atoms with Gasteiger partial charge in [-0.1, -0.05) is 36.4 Å². The molecule has 0 unspecified atom stereocenters. The fourth-order valence-corrected chi connectivity index (χ4v) is 5.82. The lowest BCUT2D eigenvalue weighted by Crippen LogP contribution is -2.17. The molecule has 0 atom stereocenters. The maximum absolute atomic E-state index is 12.5. The van der Waals surface area contributed by atoms with Crippen molar-refractivity contribution in [3.8, 4) is 56.8 Å². The van der Waals surface area contributed by atoms with Crippen LogP contribution in [0.5, 0.6) is 34.5 Å². The number of nitrogens with one attached hydrogen (secondary N) is 2. The Morgan fingerprint density at radius 1 is 0.509 bits per heavy atom. The smallest absolute Gasteiger partial charge is 0.457 e. The van der Waals surface area contributed by atoms with Gasteiger partial charge in [0.2, 0.25) is 5.43 Å². The maximum atomic E-state index is 12.5. The van der Waals surface area contributed by atoms with E-state index in [0.717, 1.165) is 40.5 Å². The summed E-state index contributed by atoms with van der Waals surface area (Å²) in [5.41, 5.74) is 5.30. The van der Waals surface area contributed by atoms with E-state index in [1.807, 2.05) is 20.8 Å². The van der Waals surface area contributed by atoms with Gasteiger partial charge in [-0.15, -0.1) is 26.3 Å². The molecule has 0 saturated heterocycles. The second kappa shape index (κ2) is 16.6. The van der Waals surface area contributed by atoms with Gasteiger partial charge in [0.1, 0.15) is 34.5 Å². The fraction of sp³-hybridized carbons (Fsp3) is 0.150. The lowest BCUT2D eigenvalue weighted by atomic mass is 10.0. The van der Waals surface area contributed by atoms with Gasteiger partial charge < -0.3 is 28.9 Å². The predicted molar refractivity (Wildman–Crippen MR) is 198 cm³/mol. The largest absolute Gasteiger partial charge is 0.573 e. The van der Waals surface area contributed by atoms with Crippen LogP contribution in [0.3, 0.4) is 0 Å². The standard InChI is InChI=1S/C20H15BrF3NO3.C20H16F3NO3/c1-11-17(19(26)18(21)12(2)25-11)13-6-8-14(9-7-13)27-15-4-3-5-16(10-15)28-20(22,23)24;1-12-10-18(25)19(13(2)24-12)14-6-8-15(9-7-14)26-16-4-3-5-17(11-16)27-20(21,22)23/h3-10H,1-2H3,(H,25,26);3-11H,1-2H3,(H,24,25). The summed E-state index contributed by atoms with van der Waals surface area (Å²) in [4.78, 5) is 31.0. The van der Waals surface area contributed by atoms with Crippen LogP contribution in [0.15, 0.2) is 117 Å². The molecule has 4 aromatic carbocycles. The number of aromatic amines is 2. The fourth-order valence-electron chi connectivity index (χ4n) is 5.52. The van der Waals surface area contributed by atoms with Gasteiger partial charge in [-0.05, 0) is 103 Å². The van der Waals surface area contributed by atoms with Gasteiger partial charge in [-0.2, -0.15) is 0 Å². The molecule has 0 saturated carbocycles. The van der Waals surface area contributed by atoms with Gasteiger partial charge in [0.05, 0.1) is 4.47 Å². The minimum Gasteiger partial charge on any atom is -0.457 e. The normalized spacial score (nSPS) is 11.3. The zero-order valence-electron chi connectivity index (χ0n) is 29.4. The molecule has 2 aromatic heterocycles. The van der Waals surface area contributed by atoms with Crippen LogP contribution in [0.4, 0.5) is 26.3 Å². The summed E-state index contributed by atoms with van der Waals surface area (Å²) in [6.45, 7) is 7.24. The van der Waals surface area contributed by atoms with E-state index in [1.165, 1.54) is 42.5 Å². The average Bonchev–Trinajstić information content (AvgIpc) is 3.07. The molecule has 55 heavy (non-hydrogen) atoms. The minimum absolute atomic E-state index is 0.0885. The van der Waals surface area contributed by atoms with Crippen LogP contribution in [0.25, 0.3) is 22.3 Å². The molecular formula is C40H31BrF6N2O6. The number of aryl methyl sites for hydroxylation is 4. The highest BCUT2D eigenvalue weighted by molar-refractivity contribution is 9.10. The van der Waals surface area contributed by atoms with E-state index in [1.54, 1.807) is 55.5 Å². The van der Waals surface area contributed by atoms with E-state index < -0.39 is 12.7 Å². The summed E-state index contributed by atoms with van der Waals surface area (Å²) in [5.74, 6) is 0.500. The SMILES string of the molecule is Cc1[nH]c(C)c(-c2ccc(Oc3cccc(OC(F)(F)F)c3)cc2)c(=O)c1Br.Cc1cc(=O)c(-c2ccc(Oc3cccc(OC(F)(F)F)c3)cc2)c(C)[nH]1. The molecule has 0 spiro atoms. The summed E-state index contributed by atoms with van der Waals surface area (Å²) >= 11 is 3.29. The Kier molecular flexibility index (Phi) is 12.1. The van der Waals surface area contributed by atoms with Crippen LogP contribution in [-0.2, 0) is 0 Å². The number of halogens is 7. The summed E-state index contributed by atoms with van der Waals surface area (Å²) in [6, 6.07) is 25.5. The number of pyridine rings is 2. The van der Waals surface area contributed by atoms with Crippen LogP contribution < -0.4 is 29.8 Å². The summed E-state index contributed by atoms with van der Waals surface area (Å²) < 4.78 is 93.3. The molecule has 0 bridgehead atoms. The molecule has 0 aliphatic heterocycles. The van der Waals surface area contributed by atoms with Crippen molar-refractivity contribution in [1.29, 1.82) is 0 Å². The molecule has 0 radical (unpaired) electrons. The quantitative estimate of drug-likeness (QED) is 0.148. The van der Waals surface area contributed by atoms with Gasteiger partial charge >= 0.3 is 12.7 Å². The second-order valence-electron chi connectivity index (χ2n) is 12.0. The minimum atomic E-state index is -4.77. The topological polar surface area (TPSA) is 103 Å². The molecule has 0 aliphatic rings. The van der Waals surface area contributed by atoms with Crippen LogP contribution >= 0.6 is 15.9 Å². The van der Waals surface area contributed by atoms with E-state index >= 15 is 0 Å². The molecule has 6 rings (SSSR count). The number of rotatable bonds is 8. The third-order valence-corrected chi connectivity index (χ3v) is 8.65. The molecule has 0 amide bonds. The third-order valence-electron chi connectivity index (χ3n) is 7.69. The first-order valence-electron chi connectivity index (χ1n) is 16.2. The van der Waals surface area contributed by atoms with E-state index in [-0.39, 0.29) is 33.9 Å². The van der Waals surface area contributed by atoms with Crippen molar-refractivity contribution < 1.29 is 45.3 Å². The third kappa shape index (κ3) is 11.0. The highest BCUT2D eigenvalue weighted by Gasteiger charge is 2.32. The average molecular weight is 830 g/mol. The maximum Gasteiger partial charge on any atom is 0.573 e. The van der Waals surface area contributed by atoms with Crippen molar-refractivity contribution in [2.24, 2.45) is 0 Å². The number of alkyl halides is 6. The molecule has 15 heteroatoms.